The average Bonchev–Trinajstić information content (AvgIpc) is 2.71. The molecule has 2 aromatic carbocycles. The van der Waals surface area contributed by atoms with Crippen molar-refractivity contribution in [3.05, 3.63) is 51.7 Å². The molecule has 7 nitrogen and oxygen atoms in total. The molecule has 0 saturated heterocycles. The summed E-state index contributed by atoms with van der Waals surface area (Å²) in [5.41, 5.74) is 2.09. The maximum absolute atomic E-state index is 13.1. The zero-order chi connectivity index (χ0) is 22.0. The first-order chi connectivity index (χ1) is 14.3. The summed E-state index contributed by atoms with van der Waals surface area (Å²) >= 11 is 0. The monoisotopic (exact) mass is 412 g/mol. The van der Waals surface area contributed by atoms with E-state index >= 15 is 0 Å². The van der Waals surface area contributed by atoms with Gasteiger partial charge in [-0.25, -0.2) is 0 Å². The highest BCUT2D eigenvalue weighted by Gasteiger charge is 2.24. The predicted octanol–water partition coefficient (Wildman–Crippen LogP) is 4.41. The van der Waals surface area contributed by atoms with Crippen LogP contribution in [-0.2, 0) is 6.42 Å². The fraction of sp³-hybridized carbons (Fsp3) is 0.261. The number of methoxy groups -OCH3 is 3. The Morgan fingerprint density at radius 3 is 2.33 bits per heavy atom. The van der Waals surface area contributed by atoms with E-state index in [1.165, 1.54) is 20.3 Å². The van der Waals surface area contributed by atoms with Gasteiger partial charge < -0.3 is 28.8 Å². The van der Waals surface area contributed by atoms with Crippen molar-refractivity contribution >= 4 is 11.0 Å². The van der Waals surface area contributed by atoms with Gasteiger partial charge in [-0.05, 0) is 44.0 Å². The van der Waals surface area contributed by atoms with E-state index in [9.17, 15) is 15.0 Å². The molecule has 0 aliphatic carbocycles. The van der Waals surface area contributed by atoms with E-state index in [4.69, 9.17) is 18.6 Å². The van der Waals surface area contributed by atoms with E-state index in [0.29, 0.717) is 17.7 Å². The number of benzene rings is 2. The molecule has 3 rings (SSSR count). The van der Waals surface area contributed by atoms with Gasteiger partial charge in [-0.3, -0.25) is 4.79 Å². The molecule has 0 amide bonds. The Balaban J connectivity index is 2.30. The summed E-state index contributed by atoms with van der Waals surface area (Å²) in [6.07, 6.45) is 2.70. The van der Waals surface area contributed by atoms with Crippen molar-refractivity contribution in [2.75, 3.05) is 21.3 Å². The molecule has 0 radical (unpaired) electrons. The van der Waals surface area contributed by atoms with Gasteiger partial charge in [0.2, 0.25) is 16.9 Å². The summed E-state index contributed by atoms with van der Waals surface area (Å²) in [5, 5.41) is 20.4. The van der Waals surface area contributed by atoms with E-state index in [-0.39, 0.29) is 34.0 Å². The van der Waals surface area contributed by atoms with Crippen LogP contribution in [0.15, 0.2) is 45.1 Å². The number of hydrogen-bond donors (Lipinski definition) is 2. The van der Waals surface area contributed by atoms with E-state index in [1.807, 2.05) is 19.9 Å². The third kappa shape index (κ3) is 3.66. The molecule has 0 atom stereocenters. The van der Waals surface area contributed by atoms with Crippen molar-refractivity contribution in [2.45, 2.75) is 20.3 Å². The fourth-order valence-corrected chi connectivity index (χ4v) is 3.26. The summed E-state index contributed by atoms with van der Waals surface area (Å²) in [6.45, 7) is 4.02. The van der Waals surface area contributed by atoms with Crippen LogP contribution in [0.5, 0.6) is 28.7 Å². The van der Waals surface area contributed by atoms with Crippen molar-refractivity contribution in [1.82, 2.24) is 0 Å². The lowest BCUT2D eigenvalue weighted by Crippen LogP contribution is -2.08. The minimum atomic E-state index is -0.578. The number of aromatic hydroxyl groups is 2. The molecular formula is C23H24O7. The van der Waals surface area contributed by atoms with E-state index in [0.717, 1.165) is 11.1 Å². The zero-order valence-corrected chi connectivity index (χ0v) is 17.5. The Labute approximate surface area is 173 Å². The smallest absolute Gasteiger partial charge is 0.239 e. The summed E-state index contributed by atoms with van der Waals surface area (Å²) in [4.78, 5) is 13.1. The number of phenolic OH excluding ortho intramolecular Hbond substituents is 2. The Hall–Kier alpha value is -3.61. The van der Waals surface area contributed by atoms with E-state index < -0.39 is 11.2 Å². The first-order valence-electron chi connectivity index (χ1n) is 9.26. The van der Waals surface area contributed by atoms with Crippen LogP contribution in [0, 0.1) is 0 Å². The Morgan fingerprint density at radius 2 is 1.73 bits per heavy atom. The lowest BCUT2D eigenvalue weighted by atomic mass is 10.0. The second kappa shape index (κ2) is 8.41. The fourth-order valence-electron chi connectivity index (χ4n) is 3.26. The Morgan fingerprint density at radius 1 is 1.03 bits per heavy atom. The third-order valence-electron chi connectivity index (χ3n) is 4.73. The summed E-state index contributed by atoms with van der Waals surface area (Å²) in [6, 6.07) is 6.62. The maximum atomic E-state index is 13.1. The molecule has 7 heteroatoms. The molecule has 2 N–H and O–H groups in total. The molecule has 0 unspecified atom stereocenters. The third-order valence-corrected chi connectivity index (χ3v) is 4.73. The highest BCUT2D eigenvalue weighted by molar-refractivity contribution is 5.91. The summed E-state index contributed by atoms with van der Waals surface area (Å²) in [7, 11) is 4.22. The summed E-state index contributed by atoms with van der Waals surface area (Å²) in [5.74, 6) is -0.244. The Bertz CT molecular complexity index is 1180. The first kappa shape index (κ1) is 21.1. The number of phenols is 2. The van der Waals surface area contributed by atoms with Crippen LogP contribution in [-0.4, -0.2) is 31.5 Å². The lowest BCUT2D eigenvalue weighted by Gasteiger charge is -2.14. The number of allylic oxidation sites excluding steroid dienone is 2. The van der Waals surface area contributed by atoms with E-state index in [2.05, 4.69) is 6.08 Å². The van der Waals surface area contributed by atoms with Gasteiger partial charge in [0.05, 0.1) is 21.3 Å². The van der Waals surface area contributed by atoms with Crippen molar-refractivity contribution in [3.8, 4) is 40.1 Å². The van der Waals surface area contributed by atoms with Crippen molar-refractivity contribution in [3.63, 3.8) is 0 Å². The quantitative estimate of drug-likeness (QED) is 0.579. The molecule has 0 aliphatic rings. The molecule has 0 fully saturated rings. The van der Waals surface area contributed by atoms with Crippen LogP contribution in [0.25, 0.3) is 22.3 Å². The highest BCUT2D eigenvalue weighted by atomic mass is 16.5. The molecule has 1 heterocycles. The highest BCUT2D eigenvalue weighted by Crippen LogP contribution is 2.43. The maximum Gasteiger partial charge on any atom is 0.239 e. The van der Waals surface area contributed by atoms with E-state index in [1.54, 1.807) is 19.2 Å². The van der Waals surface area contributed by atoms with Crippen LogP contribution in [0.2, 0.25) is 0 Å². The van der Waals surface area contributed by atoms with Crippen molar-refractivity contribution < 1.29 is 28.8 Å². The largest absolute Gasteiger partial charge is 0.504 e. The van der Waals surface area contributed by atoms with Crippen LogP contribution in [0.3, 0.4) is 0 Å². The van der Waals surface area contributed by atoms with Crippen LogP contribution in [0.4, 0.5) is 0 Å². The second-order valence-electron chi connectivity index (χ2n) is 6.96. The van der Waals surface area contributed by atoms with Crippen molar-refractivity contribution in [1.29, 1.82) is 0 Å². The van der Waals surface area contributed by atoms with Crippen LogP contribution >= 0.6 is 0 Å². The number of rotatable bonds is 6. The van der Waals surface area contributed by atoms with Gasteiger partial charge in [0.15, 0.2) is 17.3 Å². The minimum absolute atomic E-state index is 0.00765. The minimum Gasteiger partial charge on any atom is -0.504 e. The topological polar surface area (TPSA) is 98.4 Å². The Kier molecular flexibility index (Phi) is 5.91. The molecule has 1 aromatic heterocycles. The van der Waals surface area contributed by atoms with Crippen LogP contribution < -0.4 is 19.6 Å². The molecule has 30 heavy (non-hydrogen) atoms. The van der Waals surface area contributed by atoms with Crippen molar-refractivity contribution in [2.24, 2.45) is 0 Å². The van der Waals surface area contributed by atoms with Gasteiger partial charge in [0.25, 0.3) is 0 Å². The average molecular weight is 412 g/mol. The standard InChI is InChI=1S/C23H24O7/c1-12(2)6-7-13-10-14(8-9-16(13)27-3)21-23(29-5)20(26)18-17(30-21)11-15(24)22(28-4)19(18)25/h6,8-11,24-25H,7H2,1-5H3. The predicted molar refractivity (Wildman–Crippen MR) is 114 cm³/mol. The first-order valence-corrected chi connectivity index (χ1v) is 9.26. The molecular weight excluding hydrogens is 388 g/mol. The SMILES string of the molecule is COc1ccc(-c2oc3cc(O)c(OC)c(O)c3c(=O)c2OC)cc1CC=C(C)C. The molecule has 0 saturated carbocycles. The second-order valence-corrected chi connectivity index (χ2v) is 6.96. The molecule has 158 valence electrons. The lowest BCUT2D eigenvalue weighted by molar-refractivity contribution is 0.345. The van der Waals surface area contributed by atoms with Gasteiger partial charge in [-0.15, -0.1) is 0 Å². The van der Waals surface area contributed by atoms with Gasteiger partial charge in [-0.2, -0.15) is 0 Å². The van der Waals surface area contributed by atoms with Gasteiger partial charge in [0, 0.05) is 11.6 Å². The zero-order valence-electron chi connectivity index (χ0n) is 17.5. The van der Waals surface area contributed by atoms with Crippen LogP contribution in [0.1, 0.15) is 19.4 Å². The number of fused-ring (bicyclic) bond motifs is 1. The summed E-state index contributed by atoms with van der Waals surface area (Å²) < 4.78 is 21.7. The number of ether oxygens (including phenoxy) is 3. The molecule has 0 bridgehead atoms. The molecule has 0 spiro atoms. The van der Waals surface area contributed by atoms with Gasteiger partial charge in [-0.1, -0.05) is 11.6 Å². The molecule has 3 aromatic rings. The van der Waals surface area contributed by atoms with Gasteiger partial charge in [0.1, 0.15) is 16.7 Å². The normalized spacial score (nSPS) is 10.7. The molecule has 0 aliphatic heterocycles. The van der Waals surface area contributed by atoms with Gasteiger partial charge >= 0.3 is 0 Å². The number of hydrogen-bond acceptors (Lipinski definition) is 7.